The second-order valence-electron chi connectivity index (χ2n) is 12.0. The molecule has 2 fully saturated rings. The first kappa shape index (κ1) is 22.4. The molecule has 8 rings (SSSR count). The highest BCUT2D eigenvalue weighted by molar-refractivity contribution is 5.94. The lowest BCUT2D eigenvalue weighted by molar-refractivity contribution is 0.375. The summed E-state index contributed by atoms with van der Waals surface area (Å²) in [6, 6.07) is 31.8. The molecule has 5 aliphatic carbocycles. The van der Waals surface area contributed by atoms with Gasteiger partial charge in [0.25, 0.3) is 0 Å². The molecule has 5 aliphatic rings. The summed E-state index contributed by atoms with van der Waals surface area (Å²) in [5, 5.41) is 0. The molecule has 2 saturated carbocycles. The van der Waals surface area contributed by atoms with Gasteiger partial charge in [-0.25, -0.2) is 0 Å². The van der Waals surface area contributed by atoms with Crippen LogP contribution in [0.25, 0.3) is 5.57 Å². The van der Waals surface area contributed by atoms with E-state index in [2.05, 4.69) is 121 Å². The minimum absolute atomic E-state index is 0.314. The Morgan fingerprint density at radius 2 is 1.45 bits per heavy atom. The Labute approximate surface area is 226 Å². The molecule has 0 spiro atoms. The van der Waals surface area contributed by atoms with Gasteiger partial charge in [0.2, 0.25) is 0 Å². The van der Waals surface area contributed by atoms with Crippen molar-refractivity contribution < 1.29 is 0 Å². The van der Waals surface area contributed by atoms with E-state index in [1.54, 1.807) is 5.57 Å². The van der Waals surface area contributed by atoms with E-state index in [9.17, 15) is 0 Å². The van der Waals surface area contributed by atoms with Gasteiger partial charge in [-0.3, -0.25) is 0 Å². The van der Waals surface area contributed by atoms with E-state index in [1.807, 2.05) is 0 Å². The molecule has 0 aromatic heterocycles. The molecule has 0 amide bonds. The van der Waals surface area contributed by atoms with E-state index < -0.39 is 0 Å². The summed E-state index contributed by atoms with van der Waals surface area (Å²) in [6.07, 6.45) is 21.3. The Kier molecular flexibility index (Phi) is 5.12. The fourth-order valence-electron chi connectivity index (χ4n) is 8.70. The maximum Gasteiger partial charge on any atom is 0.0707 e. The summed E-state index contributed by atoms with van der Waals surface area (Å²) in [4.78, 5) is 0. The van der Waals surface area contributed by atoms with Crippen LogP contribution < -0.4 is 0 Å². The van der Waals surface area contributed by atoms with E-state index in [0.29, 0.717) is 5.92 Å². The smallest absolute Gasteiger partial charge is 0.0707 e. The second-order valence-corrected chi connectivity index (χ2v) is 12.0. The van der Waals surface area contributed by atoms with Crippen LogP contribution in [0.3, 0.4) is 0 Å². The van der Waals surface area contributed by atoms with Crippen LogP contribution in [0, 0.1) is 17.8 Å². The van der Waals surface area contributed by atoms with Gasteiger partial charge < -0.3 is 0 Å². The molecule has 3 aromatic carbocycles. The molecule has 0 heteroatoms. The van der Waals surface area contributed by atoms with Crippen molar-refractivity contribution in [2.45, 2.75) is 43.4 Å². The molecule has 0 aliphatic heterocycles. The Morgan fingerprint density at radius 1 is 0.711 bits per heavy atom. The van der Waals surface area contributed by atoms with Crippen LogP contribution >= 0.6 is 0 Å². The number of allylic oxidation sites excluding steroid dienone is 10. The van der Waals surface area contributed by atoms with Crippen molar-refractivity contribution in [3.8, 4) is 0 Å². The Morgan fingerprint density at radius 3 is 2.16 bits per heavy atom. The number of benzene rings is 3. The lowest BCUT2D eigenvalue weighted by Gasteiger charge is -2.39. The summed E-state index contributed by atoms with van der Waals surface area (Å²) in [6.45, 7) is 0. The lowest BCUT2D eigenvalue weighted by Crippen LogP contribution is -2.31. The summed E-state index contributed by atoms with van der Waals surface area (Å²) >= 11 is 0. The number of hydrogen-bond acceptors (Lipinski definition) is 0. The van der Waals surface area contributed by atoms with Crippen LogP contribution in [0.2, 0.25) is 0 Å². The Bertz CT molecular complexity index is 1500. The lowest BCUT2D eigenvalue weighted by atomic mass is 9.62. The number of fused-ring (bicyclic) bond motifs is 5. The van der Waals surface area contributed by atoms with Gasteiger partial charge in [-0.15, -0.1) is 0 Å². The molecule has 3 aromatic rings. The molecular formula is C38H34. The average Bonchev–Trinajstić information content (AvgIpc) is 3.79. The first-order valence-corrected chi connectivity index (χ1v) is 14.5. The Hall–Kier alpha value is -3.64. The van der Waals surface area contributed by atoms with Gasteiger partial charge in [-0.1, -0.05) is 133 Å². The van der Waals surface area contributed by atoms with E-state index in [4.69, 9.17) is 0 Å². The van der Waals surface area contributed by atoms with Crippen LogP contribution in [-0.4, -0.2) is 0 Å². The van der Waals surface area contributed by atoms with Gasteiger partial charge in [-0.2, -0.15) is 0 Å². The van der Waals surface area contributed by atoms with Crippen LogP contribution in [0.15, 0.2) is 138 Å². The molecule has 0 radical (unpaired) electrons. The molecule has 0 heterocycles. The molecule has 2 bridgehead atoms. The average molecular weight is 491 g/mol. The van der Waals surface area contributed by atoms with Crippen LogP contribution in [-0.2, 0) is 5.41 Å². The van der Waals surface area contributed by atoms with Gasteiger partial charge in [0.05, 0.1) is 5.41 Å². The minimum atomic E-state index is -0.363. The van der Waals surface area contributed by atoms with E-state index in [1.165, 1.54) is 64.7 Å². The predicted molar refractivity (Wildman–Crippen MR) is 158 cm³/mol. The highest BCUT2D eigenvalue weighted by atomic mass is 14.5. The van der Waals surface area contributed by atoms with Gasteiger partial charge in [-0.05, 0) is 82.4 Å². The van der Waals surface area contributed by atoms with E-state index >= 15 is 0 Å². The summed E-state index contributed by atoms with van der Waals surface area (Å²) in [5.74, 6) is 2.97. The Balaban J connectivity index is 1.42. The van der Waals surface area contributed by atoms with Crippen molar-refractivity contribution in [1.82, 2.24) is 0 Å². The van der Waals surface area contributed by atoms with Gasteiger partial charge in [0.1, 0.15) is 0 Å². The standard InChI is InChI=1S/C38H34/c1-3-11-29(12-4-1)38(30-13-5-2-6-14-30,31-22-21-28(25-31)36-24-26-19-20-27(36)23-26)37-34-17-9-7-15-32(34)33-16-8-10-18-35(33)37/h1-18,22,25-27,32,36H,19-21,23-24H2. The predicted octanol–water partition coefficient (Wildman–Crippen LogP) is 9.34. The van der Waals surface area contributed by atoms with Crippen molar-refractivity contribution in [1.29, 1.82) is 0 Å². The maximum absolute atomic E-state index is 2.65. The van der Waals surface area contributed by atoms with Crippen molar-refractivity contribution >= 4 is 5.57 Å². The van der Waals surface area contributed by atoms with Crippen LogP contribution in [0.4, 0.5) is 0 Å². The third-order valence-corrected chi connectivity index (χ3v) is 10.2. The largest absolute Gasteiger partial charge is 0.0756 e. The van der Waals surface area contributed by atoms with Crippen molar-refractivity contribution in [2.75, 3.05) is 0 Å². The van der Waals surface area contributed by atoms with Gasteiger partial charge >= 0.3 is 0 Å². The van der Waals surface area contributed by atoms with Crippen molar-refractivity contribution in [3.63, 3.8) is 0 Å². The SMILES string of the molecule is C1=CC2=C(C(C3=CCC(C4CC5CCC4C5)=C3)(c3ccccc3)c3ccccc3)c3ccccc3C2C=C1. The molecule has 38 heavy (non-hydrogen) atoms. The molecular weight excluding hydrogens is 456 g/mol. The fraction of sp³-hybridized carbons (Fsp3) is 0.263. The molecule has 186 valence electrons. The fourth-order valence-corrected chi connectivity index (χ4v) is 8.70. The highest BCUT2D eigenvalue weighted by Gasteiger charge is 2.49. The number of hydrogen-bond donors (Lipinski definition) is 0. The normalized spacial score (nSPS) is 26.9. The molecule has 0 nitrogen and oxygen atoms in total. The quantitative estimate of drug-likeness (QED) is 0.334. The zero-order valence-electron chi connectivity index (χ0n) is 21.9. The second kappa shape index (κ2) is 8.70. The molecule has 4 atom stereocenters. The summed E-state index contributed by atoms with van der Waals surface area (Å²) in [5.41, 5.74) is 11.3. The summed E-state index contributed by atoms with van der Waals surface area (Å²) < 4.78 is 0. The molecule has 4 unspecified atom stereocenters. The monoisotopic (exact) mass is 490 g/mol. The summed E-state index contributed by atoms with van der Waals surface area (Å²) in [7, 11) is 0. The van der Waals surface area contributed by atoms with Crippen LogP contribution in [0.5, 0.6) is 0 Å². The maximum atomic E-state index is 2.65. The number of rotatable bonds is 5. The van der Waals surface area contributed by atoms with Crippen molar-refractivity contribution in [3.05, 3.63) is 160 Å². The third-order valence-electron chi connectivity index (χ3n) is 10.2. The molecule has 0 N–H and O–H groups in total. The van der Waals surface area contributed by atoms with E-state index in [-0.39, 0.29) is 5.41 Å². The van der Waals surface area contributed by atoms with Gasteiger partial charge in [0, 0.05) is 5.92 Å². The van der Waals surface area contributed by atoms with Crippen molar-refractivity contribution in [2.24, 2.45) is 17.8 Å². The highest BCUT2D eigenvalue weighted by Crippen LogP contribution is 2.60. The minimum Gasteiger partial charge on any atom is -0.0756 e. The third kappa shape index (κ3) is 3.16. The van der Waals surface area contributed by atoms with E-state index in [0.717, 1.165) is 24.2 Å². The first-order valence-electron chi connectivity index (χ1n) is 14.5. The zero-order chi connectivity index (χ0) is 25.1. The topological polar surface area (TPSA) is 0 Å². The first-order chi connectivity index (χ1) is 18.8. The molecule has 0 saturated heterocycles. The zero-order valence-corrected chi connectivity index (χ0v) is 21.9. The van der Waals surface area contributed by atoms with Gasteiger partial charge in [0.15, 0.2) is 0 Å². The van der Waals surface area contributed by atoms with Crippen LogP contribution in [0.1, 0.15) is 60.3 Å².